The maximum atomic E-state index is 13.5. The van der Waals surface area contributed by atoms with Gasteiger partial charge in [-0.1, -0.05) is 6.07 Å². The summed E-state index contributed by atoms with van der Waals surface area (Å²) in [5.74, 6) is 0.0763. The number of benzene rings is 1. The number of nitrogens with zero attached hydrogens (tertiary/aromatic N) is 2. The van der Waals surface area contributed by atoms with Gasteiger partial charge in [0.2, 0.25) is 5.88 Å². The van der Waals surface area contributed by atoms with Gasteiger partial charge in [0.15, 0.2) is 0 Å². The first-order chi connectivity index (χ1) is 9.17. The van der Waals surface area contributed by atoms with Gasteiger partial charge in [-0.15, -0.1) is 0 Å². The molecule has 1 atom stereocenters. The Morgan fingerprint density at radius 2 is 2.00 bits per heavy atom. The van der Waals surface area contributed by atoms with Crippen molar-refractivity contribution in [2.24, 2.45) is 0 Å². The van der Waals surface area contributed by atoms with Crippen molar-refractivity contribution >= 4 is 0 Å². The normalized spacial score (nSPS) is 12.2. The van der Waals surface area contributed by atoms with Gasteiger partial charge in [-0.2, -0.15) is 0 Å². The van der Waals surface area contributed by atoms with E-state index in [0.717, 1.165) is 5.56 Å². The summed E-state index contributed by atoms with van der Waals surface area (Å²) < 4.78 is 18.7. The molecule has 0 radical (unpaired) electrons. The quantitative estimate of drug-likeness (QED) is 0.919. The van der Waals surface area contributed by atoms with Crippen molar-refractivity contribution in [1.29, 1.82) is 0 Å². The number of nitrogens with one attached hydrogen (secondary N) is 1. The molecule has 2 rings (SSSR count). The van der Waals surface area contributed by atoms with E-state index in [2.05, 4.69) is 15.3 Å². The predicted octanol–water partition coefficient (Wildman–Crippen LogP) is 2.57. The summed E-state index contributed by atoms with van der Waals surface area (Å²) in [5.41, 5.74) is 2.18. The zero-order valence-electron chi connectivity index (χ0n) is 11.1. The number of aromatic nitrogens is 2. The van der Waals surface area contributed by atoms with Crippen LogP contribution in [-0.4, -0.2) is 24.1 Å². The Morgan fingerprint density at radius 3 is 2.68 bits per heavy atom. The van der Waals surface area contributed by atoms with Gasteiger partial charge in [0.1, 0.15) is 11.5 Å². The second-order valence-corrected chi connectivity index (χ2v) is 4.16. The molecule has 0 aliphatic carbocycles. The minimum Gasteiger partial charge on any atom is -0.479 e. The molecular formula is C14H16FN3O. The van der Waals surface area contributed by atoms with E-state index in [1.165, 1.54) is 19.2 Å². The molecule has 1 aromatic carbocycles. The van der Waals surface area contributed by atoms with Gasteiger partial charge in [-0.25, -0.2) is 14.4 Å². The second kappa shape index (κ2) is 5.75. The fourth-order valence-corrected chi connectivity index (χ4v) is 1.93. The Kier molecular flexibility index (Phi) is 4.06. The minimum absolute atomic E-state index is 0.0716. The Labute approximate surface area is 111 Å². The van der Waals surface area contributed by atoms with E-state index < -0.39 is 0 Å². The van der Waals surface area contributed by atoms with E-state index in [9.17, 15) is 4.39 Å². The number of methoxy groups -OCH3 is 1. The number of rotatable bonds is 4. The zero-order chi connectivity index (χ0) is 13.8. The SMILES string of the molecule is CNC(C)c1ccc(F)cc1-c1nccnc1OC. The van der Waals surface area contributed by atoms with E-state index in [1.54, 1.807) is 18.5 Å². The lowest BCUT2D eigenvalue weighted by Crippen LogP contribution is -2.14. The van der Waals surface area contributed by atoms with Crippen molar-refractivity contribution in [1.82, 2.24) is 15.3 Å². The number of ether oxygens (including phenoxy) is 1. The van der Waals surface area contributed by atoms with E-state index >= 15 is 0 Å². The zero-order valence-corrected chi connectivity index (χ0v) is 11.1. The summed E-state index contributed by atoms with van der Waals surface area (Å²) in [6.07, 6.45) is 3.11. The van der Waals surface area contributed by atoms with Crippen molar-refractivity contribution in [2.45, 2.75) is 13.0 Å². The number of hydrogen-bond donors (Lipinski definition) is 1. The highest BCUT2D eigenvalue weighted by atomic mass is 19.1. The summed E-state index contributed by atoms with van der Waals surface area (Å²) in [6.45, 7) is 2.00. The van der Waals surface area contributed by atoms with Crippen LogP contribution < -0.4 is 10.1 Å². The van der Waals surface area contributed by atoms with Crippen molar-refractivity contribution in [3.05, 3.63) is 42.0 Å². The molecule has 0 bridgehead atoms. The third-order valence-corrected chi connectivity index (χ3v) is 3.03. The molecule has 100 valence electrons. The van der Waals surface area contributed by atoms with E-state index in [0.29, 0.717) is 17.1 Å². The molecule has 0 fully saturated rings. The van der Waals surface area contributed by atoms with Crippen LogP contribution in [0.4, 0.5) is 4.39 Å². The highest BCUT2D eigenvalue weighted by Gasteiger charge is 2.16. The van der Waals surface area contributed by atoms with Crippen LogP contribution in [-0.2, 0) is 0 Å². The molecule has 19 heavy (non-hydrogen) atoms. The van der Waals surface area contributed by atoms with Gasteiger partial charge in [0.05, 0.1) is 7.11 Å². The monoisotopic (exact) mass is 261 g/mol. The van der Waals surface area contributed by atoms with Crippen LogP contribution in [0.3, 0.4) is 0 Å². The van der Waals surface area contributed by atoms with Crippen LogP contribution in [0.25, 0.3) is 11.3 Å². The smallest absolute Gasteiger partial charge is 0.240 e. The molecule has 0 saturated heterocycles. The number of hydrogen-bond acceptors (Lipinski definition) is 4. The molecule has 0 spiro atoms. The van der Waals surface area contributed by atoms with Gasteiger partial charge in [-0.05, 0) is 31.7 Å². The Hall–Kier alpha value is -2.01. The van der Waals surface area contributed by atoms with Crippen LogP contribution in [0.15, 0.2) is 30.6 Å². The van der Waals surface area contributed by atoms with Crippen molar-refractivity contribution in [2.75, 3.05) is 14.2 Å². The average Bonchev–Trinajstić information content (AvgIpc) is 2.46. The molecule has 0 saturated carbocycles. The molecule has 5 heteroatoms. The summed E-state index contributed by atoms with van der Waals surface area (Å²) in [4.78, 5) is 8.36. The summed E-state index contributed by atoms with van der Waals surface area (Å²) in [6, 6.07) is 4.72. The first-order valence-electron chi connectivity index (χ1n) is 5.99. The van der Waals surface area contributed by atoms with Gasteiger partial charge < -0.3 is 10.1 Å². The Bertz CT molecular complexity index is 574. The highest BCUT2D eigenvalue weighted by Crippen LogP contribution is 2.32. The lowest BCUT2D eigenvalue weighted by Gasteiger charge is -2.16. The molecule has 1 aromatic heterocycles. The van der Waals surface area contributed by atoms with Crippen LogP contribution in [0.5, 0.6) is 5.88 Å². The molecule has 1 unspecified atom stereocenters. The summed E-state index contributed by atoms with van der Waals surface area (Å²) in [7, 11) is 3.37. The van der Waals surface area contributed by atoms with Gasteiger partial charge in [0, 0.05) is 24.0 Å². The molecule has 4 nitrogen and oxygen atoms in total. The van der Waals surface area contributed by atoms with E-state index in [-0.39, 0.29) is 11.9 Å². The third kappa shape index (κ3) is 2.71. The van der Waals surface area contributed by atoms with Crippen LogP contribution >= 0.6 is 0 Å². The molecule has 0 aliphatic rings. The molecule has 0 amide bonds. The third-order valence-electron chi connectivity index (χ3n) is 3.03. The fraction of sp³-hybridized carbons (Fsp3) is 0.286. The van der Waals surface area contributed by atoms with Crippen molar-refractivity contribution < 1.29 is 9.13 Å². The van der Waals surface area contributed by atoms with Crippen LogP contribution in [0.2, 0.25) is 0 Å². The highest BCUT2D eigenvalue weighted by molar-refractivity contribution is 5.68. The standard InChI is InChI=1S/C14H16FN3O/c1-9(16-2)11-5-4-10(15)8-12(11)13-14(19-3)18-7-6-17-13/h4-9,16H,1-3H3. The molecule has 0 aliphatic heterocycles. The lowest BCUT2D eigenvalue weighted by atomic mass is 9.99. The maximum Gasteiger partial charge on any atom is 0.240 e. The van der Waals surface area contributed by atoms with Crippen LogP contribution in [0, 0.1) is 5.82 Å². The fourth-order valence-electron chi connectivity index (χ4n) is 1.93. The number of halogens is 1. The Morgan fingerprint density at radius 1 is 1.26 bits per heavy atom. The average molecular weight is 261 g/mol. The molecule has 1 heterocycles. The lowest BCUT2D eigenvalue weighted by molar-refractivity contribution is 0.397. The summed E-state index contributed by atoms with van der Waals surface area (Å²) >= 11 is 0. The Balaban J connectivity index is 2.63. The van der Waals surface area contributed by atoms with Gasteiger partial charge in [-0.3, -0.25) is 0 Å². The first-order valence-corrected chi connectivity index (χ1v) is 5.99. The maximum absolute atomic E-state index is 13.5. The summed E-state index contributed by atoms with van der Waals surface area (Å²) in [5, 5.41) is 3.14. The minimum atomic E-state index is -0.310. The second-order valence-electron chi connectivity index (χ2n) is 4.16. The van der Waals surface area contributed by atoms with Gasteiger partial charge in [0.25, 0.3) is 0 Å². The van der Waals surface area contributed by atoms with Crippen molar-refractivity contribution in [3.63, 3.8) is 0 Å². The largest absolute Gasteiger partial charge is 0.479 e. The van der Waals surface area contributed by atoms with Crippen LogP contribution in [0.1, 0.15) is 18.5 Å². The molecule has 2 aromatic rings. The first kappa shape index (κ1) is 13.4. The van der Waals surface area contributed by atoms with Gasteiger partial charge >= 0.3 is 0 Å². The van der Waals surface area contributed by atoms with E-state index in [4.69, 9.17) is 4.74 Å². The predicted molar refractivity (Wildman–Crippen MR) is 71.5 cm³/mol. The van der Waals surface area contributed by atoms with Crippen molar-refractivity contribution in [3.8, 4) is 17.1 Å². The molecule has 1 N–H and O–H groups in total. The topological polar surface area (TPSA) is 47.0 Å². The molecular weight excluding hydrogens is 245 g/mol. The van der Waals surface area contributed by atoms with E-state index in [1.807, 2.05) is 14.0 Å².